The fourth-order valence-corrected chi connectivity index (χ4v) is 3.01. The predicted octanol–water partition coefficient (Wildman–Crippen LogP) is 3.92. The molecule has 2 heterocycles. The summed E-state index contributed by atoms with van der Waals surface area (Å²) in [7, 11) is 0. The molecule has 0 radical (unpaired) electrons. The van der Waals surface area contributed by atoms with Crippen LogP contribution in [0.25, 0.3) is 0 Å². The lowest BCUT2D eigenvalue weighted by Crippen LogP contribution is -2.07. The first kappa shape index (κ1) is 12.8. The first-order valence-corrected chi connectivity index (χ1v) is 7.11. The lowest BCUT2D eigenvalue weighted by Gasteiger charge is -2.07. The number of hydrogen-bond donors (Lipinski definition) is 1. The molecule has 0 fully saturated rings. The Hall–Kier alpha value is -0.650. The molecule has 0 saturated carbocycles. The van der Waals surface area contributed by atoms with Gasteiger partial charge in [0.15, 0.2) is 0 Å². The summed E-state index contributed by atoms with van der Waals surface area (Å²) in [5.41, 5.74) is 1.00. The lowest BCUT2D eigenvalue weighted by atomic mass is 10.3. The van der Waals surface area contributed by atoms with Gasteiger partial charge < -0.3 is 5.32 Å². The van der Waals surface area contributed by atoms with Gasteiger partial charge in [-0.3, -0.25) is 0 Å². The maximum absolute atomic E-state index is 5.75. The van der Waals surface area contributed by atoms with Crippen LogP contribution in [0, 0.1) is 6.92 Å². The van der Waals surface area contributed by atoms with Crippen molar-refractivity contribution in [2.75, 3.05) is 11.9 Å². The molecule has 2 aromatic rings. The molecule has 0 aromatic carbocycles. The molecule has 0 atom stereocenters. The number of nitrogens with zero attached hydrogens (tertiary/aromatic N) is 2. The van der Waals surface area contributed by atoms with Gasteiger partial charge in [0.05, 0.1) is 3.79 Å². The molecule has 0 aliphatic heterocycles. The summed E-state index contributed by atoms with van der Waals surface area (Å²) in [6.07, 6.45) is 2.69. The maximum Gasteiger partial charge on any atom is 0.224 e. The highest BCUT2D eigenvalue weighted by Crippen LogP contribution is 2.22. The molecule has 6 heteroatoms. The SMILES string of the molecule is Cc1cnc(Cl)nc1NCCc1ccc(Br)s1. The minimum Gasteiger partial charge on any atom is -0.369 e. The van der Waals surface area contributed by atoms with Crippen LogP contribution in [0.2, 0.25) is 5.28 Å². The minimum absolute atomic E-state index is 0.275. The summed E-state index contributed by atoms with van der Waals surface area (Å²) >= 11 is 10.9. The molecule has 17 heavy (non-hydrogen) atoms. The lowest BCUT2D eigenvalue weighted by molar-refractivity contribution is 1.01. The van der Waals surface area contributed by atoms with Crippen molar-refractivity contribution in [3.8, 4) is 0 Å². The maximum atomic E-state index is 5.75. The first-order valence-electron chi connectivity index (χ1n) is 5.12. The monoisotopic (exact) mass is 331 g/mol. The van der Waals surface area contributed by atoms with Crippen molar-refractivity contribution in [1.82, 2.24) is 9.97 Å². The normalized spacial score (nSPS) is 10.5. The van der Waals surface area contributed by atoms with Crippen molar-refractivity contribution in [1.29, 1.82) is 0 Å². The summed E-state index contributed by atoms with van der Waals surface area (Å²) in [4.78, 5) is 9.40. The zero-order chi connectivity index (χ0) is 12.3. The molecule has 0 saturated heterocycles. The van der Waals surface area contributed by atoms with Crippen molar-refractivity contribution in [3.63, 3.8) is 0 Å². The van der Waals surface area contributed by atoms with Crippen LogP contribution in [0.15, 0.2) is 22.1 Å². The number of nitrogens with one attached hydrogen (secondary N) is 1. The van der Waals surface area contributed by atoms with Gasteiger partial charge in [0.1, 0.15) is 5.82 Å². The Labute approximate surface area is 117 Å². The fourth-order valence-electron chi connectivity index (χ4n) is 1.39. The van der Waals surface area contributed by atoms with Gasteiger partial charge in [-0.2, -0.15) is 0 Å². The molecule has 0 spiro atoms. The van der Waals surface area contributed by atoms with Gasteiger partial charge in [-0.1, -0.05) is 0 Å². The van der Waals surface area contributed by atoms with Crippen LogP contribution in [0.1, 0.15) is 10.4 Å². The molecule has 0 aliphatic rings. The standard InChI is InChI=1S/C11H11BrClN3S/c1-7-6-15-11(13)16-10(7)14-5-4-8-2-3-9(12)17-8/h2-3,6H,4-5H2,1H3,(H,14,15,16). The average molecular weight is 333 g/mol. The van der Waals surface area contributed by atoms with E-state index in [1.165, 1.54) is 4.88 Å². The highest BCUT2D eigenvalue weighted by Gasteiger charge is 2.02. The number of hydrogen-bond acceptors (Lipinski definition) is 4. The van der Waals surface area contributed by atoms with E-state index in [4.69, 9.17) is 11.6 Å². The molecule has 1 N–H and O–H groups in total. The zero-order valence-corrected chi connectivity index (χ0v) is 12.4. The summed E-state index contributed by atoms with van der Waals surface area (Å²) in [5.74, 6) is 0.806. The molecule has 0 bridgehead atoms. The highest BCUT2D eigenvalue weighted by atomic mass is 79.9. The number of thiophene rings is 1. The van der Waals surface area contributed by atoms with Crippen LogP contribution in [0.5, 0.6) is 0 Å². The van der Waals surface area contributed by atoms with Crippen LogP contribution >= 0.6 is 38.9 Å². The van der Waals surface area contributed by atoms with E-state index in [0.29, 0.717) is 0 Å². The van der Waals surface area contributed by atoms with Gasteiger partial charge in [0.25, 0.3) is 0 Å². The van der Waals surface area contributed by atoms with E-state index >= 15 is 0 Å². The van der Waals surface area contributed by atoms with Crippen molar-refractivity contribution in [2.45, 2.75) is 13.3 Å². The second-order valence-corrected chi connectivity index (χ2v) is 6.44. The van der Waals surface area contributed by atoms with E-state index < -0.39 is 0 Å². The highest BCUT2D eigenvalue weighted by molar-refractivity contribution is 9.11. The second-order valence-electron chi connectivity index (χ2n) is 3.55. The van der Waals surface area contributed by atoms with E-state index in [9.17, 15) is 0 Å². The van der Waals surface area contributed by atoms with Crippen LogP contribution in [0.3, 0.4) is 0 Å². The molecule has 0 aliphatic carbocycles. The van der Waals surface area contributed by atoms with Crippen molar-refractivity contribution >= 4 is 44.7 Å². The molecule has 3 nitrogen and oxygen atoms in total. The fraction of sp³-hybridized carbons (Fsp3) is 0.273. The summed E-state index contributed by atoms with van der Waals surface area (Å²) in [6, 6.07) is 4.18. The Morgan fingerprint density at radius 3 is 3.00 bits per heavy atom. The van der Waals surface area contributed by atoms with Crippen LogP contribution < -0.4 is 5.32 Å². The Morgan fingerprint density at radius 1 is 1.47 bits per heavy atom. The van der Waals surface area contributed by atoms with E-state index in [1.807, 2.05) is 6.92 Å². The third-order valence-corrected chi connectivity index (χ3v) is 4.10. The Bertz CT molecular complexity index is 515. The van der Waals surface area contributed by atoms with Gasteiger partial charge in [-0.05, 0) is 53.0 Å². The number of aryl methyl sites for hydroxylation is 1. The average Bonchev–Trinajstić information content (AvgIpc) is 2.69. The van der Waals surface area contributed by atoms with Crippen molar-refractivity contribution in [2.24, 2.45) is 0 Å². The minimum atomic E-state index is 0.275. The topological polar surface area (TPSA) is 37.8 Å². The molecule has 0 unspecified atom stereocenters. The molecular formula is C11H11BrClN3S. The van der Waals surface area contributed by atoms with Gasteiger partial charge in [-0.25, -0.2) is 9.97 Å². The number of halogens is 2. The third kappa shape index (κ3) is 3.66. The van der Waals surface area contributed by atoms with E-state index in [2.05, 4.69) is 43.3 Å². The first-order chi connectivity index (χ1) is 8.15. The van der Waals surface area contributed by atoms with Gasteiger partial charge in [-0.15, -0.1) is 11.3 Å². The molecule has 2 rings (SSSR count). The largest absolute Gasteiger partial charge is 0.369 e. The third-order valence-electron chi connectivity index (χ3n) is 2.24. The van der Waals surface area contributed by atoms with E-state index in [-0.39, 0.29) is 5.28 Å². The zero-order valence-electron chi connectivity index (χ0n) is 9.20. The van der Waals surface area contributed by atoms with Crippen LogP contribution in [0.4, 0.5) is 5.82 Å². The molecule has 90 valence electrons. The number of anilines is 1. The number of aromatic nitrogens is 2. The summed E-state index contributed by atoms with van der Waals surface area (Å²) < 4.78 is 1.16. The van der Waals surface area contributed by atoms with Crippen LogP contribution in [-0.4, -0.2) is 16.5 Å². The van der Waals surface area contributed by atoms with Crippen molar-refractivity contribution < 1.29 is 0 Å². The van der Waals surface area contributed by atoms with E-state index in [1.54, 1.807) is 17.5 Å². The molecular weight excluding hydrogens is 322 g/mol. The Morgan fingerprint density at radius 2 is 2.29 bits per heavy atom. The summed E-state index contributed by atoms with van der Waals surface area (Å²) in [6.45, 7) is 2.79. The van der Waals surface area contributed by atoms with Crippen LogP contribution in [-0.2, 0) is 6.42 Å². The van der Waals surface area contributed by atoms with Crippen molar-refractivity contribution in [3.05, 3.63) is 37.8 Å². The smallest absolute Gasteiger partial charge is 0.224 e. The second kappa shape index (κ2) is 5.80. The van der Waals surface area contributed by atoms with E-state index in [0.717, 1.165) is 28.1 Å². The molecule has 2 aromatic heterocycles. The number of rotatable bonds is 4. The van der Waals surface area contributed by atoms with Gasteiger partial charge in [0.2, 0.25) is 5.28 Å². The quantitative estimate of drug-likeness (QED) is 0.862. The predicted molar refractivity (Wildman–Crippen MR) is 76.0 cm³/mol. The Kier molecular flexibility index (Phi) is 4.36. The van der Waals surface area contributed by atoms with Gasteiger partial charge >= 0.3 is 0 Å². The van der Waals surface area contributed by atoms with Gasteiger partial charge in [0, 0.05) is 23.2 Å². The molecule has 0 amide bonds. The Balaban J connectivity index is 1.91. The summed E-state index contributed by atoms with van der Waals surface area (Å²) in [5, 5.41) is 3.54.